The van der Waals surface area contributed by atoms with Gasteiger partial charge in [-0.1, -0.05) is 31.0 Å². The summed E-state index contributed by atoms with van der Waals surface area (Å²) in [7, 11) is 0. The number of aryl methyl sites for hydroxylation is 1. The molecule has 0 saturated carbocycles. The van der Waals surface area contributed by atoms with Crippen LogP contribution in [0.2, 0.25) is 5.15 Å². The van der Waals surface area contributed by atoms with E-state index < -0.39 is 11.3 Å². The molecule has 0 amide bonds. The Labute approximate surface area is 111 Å². The zero-order valence-corrected chi connectivity index (χ0v) is 11.9. The van der Waals surface area contributed by atoms with Crippen LogP contribution in [-0.2, 0) is 0 Å². The molecule has 0 aliphatic heterocycles. The van der Waals surface area contributed by atoms with Crippen LogP contribution in [0.15, 0.2) is 11.8 Å². The van der Waals surface area contributed by atoms with E-state index in [4.69, 9.17) is 11.6 Å². The van der Waals surface area contributed by atoms with Crippen molar-refractivity contribution in [2.45, 2.75) is 40.5 Å². The largest absolute Gasteiger partial charge is 0.254 e. The van der Waals surface area contributed by atoms with E-state index >= 15 is 0 Å². The second-order valence-corrected chi connectivity index (χ2v) is 5.39. The minimum absolute atomic E-state index is 0.294. The Bertz CT molecular complexity index is 476. The molecule has 0 aliphatic rings. The van der Waals surface area contributed by atoms with Crippen molar-refractivity contribution in [1.29, 1.82) is 0 Å². The molecule has 0 bridgehead atoms. The first-order valence-corrected chi connectivity index (χ1v) is 5.99. The summed E-state index contributed by atoms with van der Waals surface area (Å²) in [6, 6.07) is 0. The molecule has 5 heteroatoms. The Kier molecular flexibility index (Phi) is 4.11. The summed E-state index contributed by atoms with van der Waals surface area (Å²) >= 11 is 5.70. The molecule has 1 rings (SSSR count). The SMILES string of the molecule is C/C(=C\c1ncc(Cl)nc1C)C(C)(C)C(C)(F)F. The van der Waals surface area contributed by atoms with Gasteiger partial charge in [0.25, 0.3) is 5.92 Å². The van der Waals surface area contributed by atoms with Crippen LogP contribution in [0.1, 0.15) is 39.1 Å². The lowest BCUT2D eigenvalue weighted by atomic mass is 9.79. The quantitative estimate of drug-likeness (QED) is 0.810. The molecule has 1 heterocycles. The maximum atomic E-state index is 13.5. The van der Waals surface area contributed by atoms with Crippen molar-refractivity contribution in [2.75, 3.05) is 0 Å². The third-order valence-corrected chi connectivity index (χ3v) is 3.57. The molecule has 0 radical (unpaired) electrons. The highest BCUT2D eigenvalue weighted by molar-refractivity contribution is 6.29. The second kappa shape index (κ2) is 4.92. The Morgan fingerprint density at radius 3 is 2.33 bits per heavy atom. The average Bonchev–Trinajstić information content (AvgIpc) is 2.20. The van der Waals surface area contributed by atoms with E-state index in [0.717, 1.165) is 6.92 Å². The van der Waals surface area contributed by atoms with E-state index in [1.165, 1.54) is 20.0 Å². The fourth-order valence-corrected chi connectivity index (χ4v) is 1.51. The van der Waals surface area contributed by atoms with Gasteiger partial charge in [0.15, 0.2) is 0 Å². The number of hydrogen-bond donors (Lipinski definition) is 0. The summed E-state index contributed by atoms with van der Waals surface area (Å²) in [6.45, 7) is 7.36. The van der Waals surface area contributed by atoms with Crippen LogP contribution >= 0.6 is 11.6 Å². The van der Waals surface area contributed by atoms with Crippen molar-refractivity contribution >= 4 is 17.7 Å². The van der Waals surface area contributed by atoms with Gasteiger partial charge in [-0.05, 0) is 19.9 Å². The Hall–Kier alpha value is -1.03. The van der Waals surface area contributed by atoms with Crippen LogP contribution in [0.3, 0.4) is 0 Å². The molecule has 0 unspecified atom stereocenters. The van der Waals surface area contributed by atoms with Gasteiger partial charge in [-0.3, -0.25) is 4.98 Å². The molecule has 0 fully saturated rings. The number of hydrogen-bond acceptors (Lipinski definition) is 2. The van der Waals surface area contributed by atoms with Gasteiger partial charge in [-0.15, -0.1) is 0 Å². The van der Waals surface area contributed by atoms with Crippen molar-refractivity contribution < 1.29 is 8.78 Å². The number of aromatic nitrogens is 2. The van der Waals surface area contributed by atoms with Crippen molar-refractivity contribution in [3.8, 4) is 0 Å². The summed E-state index contributed by atoms with van der Waals surface area (Å²) in [5.41, 5.74) is 0.502. The van der Waals surface area contributed by atoms with Crippen LogP contribution < -0.4 is 0 Å². The maximum Gasteiger partial charge on any atom is 0.254 e. The molecule has 0 aromatic carbocycles. The van der Waals surface area contributed by atoms with Gasteiger partial charge in [0.1, 0.15) is 5.15 Å². The van der Waals surface area contributed by atoms with Crippen LogP contribution in [0.4, 0.5) is 8.78 Å². The van der Waals surface area contributed by atoms with Gasteiger partial charge in [0.2, 0.25) is 0 Å². The number of rotatable bonds is 3. The molecule has 2 nitrogen and oxygen atoms in total. The summed E-state index contributed by atoms with van der Waals surface area (Å²) < 4.78 is 27.0. The summed E-state index contributed by atoms with van der Waals surface area (Å²) in [4.78, 5) is 8.14. The lowest BCUT2D eigenvalue weighted by Crippen LogP contribution is -2.34. The number of allylic oxidation sites excluding steroid dienone is 1. The lowest BCUT2D eigenvalue weighted by Gasteiger charge is -2.32. The molecule has 0 spiro atoms. The highest BCUT2D eigenvalue weighted by Crippen LogP contribution is 2.42. The molecule has 0 aliphatic carbocycles. The van der Waals surface area contributed by atoms with Crippen LogP contribution in [0.5, 0.6) is 0 Å². The predicted octanol–water partition coefficient (Wildman–Crippen LogP) is 4.52. The Morgan fingerprint density at radius 1 is 1.33 bits per heavy atom. The molecule has 0 atom stereocenters. The normalized spacial score (nSPS) is 13.9. The second-order valence-electron chi connectivity index (χ2n) is 5.00. The zero-order valence-electron chi connectivity index (χ0n) is 11.2. The van der Waals surface area contributed by atoms with E-state index in [1.807, 2.05) is 0 Å². The van der Waals surface area contributed by atoms with Gasteiger partial charge in [-0.2, -0.15) is 0 Å². The number of alkyl halides is 2. The Balaban J connectivity index is 3.17. The first-order valence-electron chi connectivity index (χ1n) is 5.61. The van der Waals surface area contributed by atoms with E-state index in [-0.39, 0.29) is 0 Å². The highest BCUT2D eigenvalue weighted by atomic mass is 35.5. The maximum absolute atomic E-state index is 13.5. The first-order chi connectivity index (χ1) is 8.05. The summed E-state index contributed by atoms with van der Waals surface area (Å²) in [6.07, 6.45) is 3.04. The van der Waals surface area contributed by atoms with Crippen molar-refractivity contribution in [1.82, 2.24) is 9.97 Å². The molecular weight excluding hydrogens is 258 g/mol. The topological polar surface area (TPSA) is 25.8 Å². The number of nitrogens with zero attached hydrogens (tertiary/aromatic N) is 2. The van der Waals surface area contributed by atoms with Crippen molar-refractivity contribution in [3.05, 3.63) is 28.3 Å². The predicted molar refractivity (Wildman–Crippen MR) is 69.8 cm³/mol. The molecule has 18 heavy (non-hydrogen) atoms. The molecule has 100 valence electrons. The first kappa shape index (κ1) is 15.0. The zero-order chi connectivity index (χ0) is 14.1. The fraction of sp³-hybridized carbons (Fsp3) is 0.538. The van der Waals surface area contributed by atoms with Gasteiger partial charge in [-0.25, -0.2) is 13.8 Å². The molecule has 1 aromatic heterocycles. The minimum Gasteiger partial charge on any atom is -0.252 e. The van der Waals surface area contributed by atoms with E-state index in [9.17, 15) is 8.78 Å². The fourth-order valence-electron chi connectivity index (χ4n) is 1.34. The standard InChI is InChI=1S/C13H17ClF2N2/c1-8(12(3,4)13(5,15)16)6-10-9(2)18-11(14)7-17-10/h6-7H,1-5H3/b8-6+. The molecule has 0 saturated heterocycles. The van der Waals surface area contributed by atoms with Gasteiger partial charge >= 0.3 is 0 Å². The van der Waals surface area contributed by atoms with Crippen molar-refractivity contribution in [2.24, 2.45) is 5.41 Å². The highest BCUT2D eigenvalue weighted by Gasteiger charge is 2.43. The summed E-state index contributed by atoms with van der Waals surface area (Å²) in [5.74, 6) is -2.80. The molecule has 1 aromatic rings. The van der Waals surface area contributed by atoms with E-state index in [0.29, 0.717) is 22.1 Å². The third-order valence-electron chi connectivity index (χ3n) is 3.39. The number of halogens is 3. The van der Waals surface area contributed by atoms with E-state index in [2.05, 4.69) is 9.97 Å². The van der Waals surface area contributed by atoms with Gasteiger partial charge in [0.05, 0.1) is 17.6 Å². The summed E-state index contributed by atoms with van der Waals surface area (Å²) in [5, 5.41) is 0.294. The molecule has 0 N–H and O–H groups in total. The lowest BCUT2D eigenvalue weighted by molar-refractivity contribution is -0.0685. The van der Waals surface area contributed by atoms with Gasteiger partial charge < -0.3 is 0 Å². The van der Waals surface area contributed by atoms with Crippen LogP contribution in [-0.4, -0.2) is 15.9 Å². The minimum atomic E-state index is -2.80. The van der Waals surface area contributed by atoms with Crippen LogP contribution in [0.25, 0.3) is 6.08 Å². The monoisotopic (exact) mass is 274 g/mol. The van der Waals surface area contributed by atoms with Crippen molar-refractivity contribution in [3.63, 3.8) is 0 Å². The third kappa shape index (κ3) is 3.05. The van der Waals surface area contributed by atoms with Gasteiger partial charge in [0, 0.05) is 12.3 Å². The molecular formula is C13H17ClF2N2. The average molecular weight is 275 g/mol. The van der Waals surface area contributed by atoms with Crippen LogP contribution in [0, 0.1) is 12.3 Å². The smallest absolute Gasteiger partial charge is 0.252 e. The Morgan fingerprint density at radius 2 is 1.89 bits per heavy atom. The van der Waals surface area contributed by atoms with E-state index in [1.54, 1.807) is 19.9 Å².